The number of hydrogen-bond donors (Lipinski definition) is 1. The van der Waals surface area contributed by atoms with Gasteiger partial charge in [-0.3, -0.25) is 4.79 Å². The summed E-state index contributed by atoms with van der Waals surface area (Å²) in [5, 5.41) is 2.82. The molecule has 1 aliphatic heterocycles. The maximum Gasteiger partial charge on any atom is 0.262 e. The third kappa shape index (κ3) is 4.72. The highest BCUT2D eigenvalue weighted by molar-refractivity contribution is 7.89. The predicted molar refractivity (Wildman–Crippen MR) is 110 cm³/mol. The van der Waals surface area contributed by atoms with Crippen LogP contribution in [0.2, 0.25) is 0 Å². The lowest BCUT2D eigenvalue weighted by molar-refractivity contribution is -0.118. The standard InChI is InChI=1S/C21H26N2O4S/c1-4-28(25,26)23-10-9-17-6-7-19(12-18(17)13-23)22-21(24)14-27-20-8-5-15(2)16(3)11-20/h5-8,11-12H,4,9-10,13-14H2,1-3H3,(H,22,24). The monoisotopic (exact) mass is 402 g/mol. The zero-order valence-electron chi connectivity index (χ0n) is 16.5. The predicted octanol–water partition coefficient (Wildman–Crippen LogP) is 3.03. The molecule has 1 aliphatic rings. The van der Waals surface area contributed by atoms with E-state index in [1.807, 2.05) is 50.2 Å². The molecule has 2 aromatic carbocycles. The summed E-state index contributed by atoms with van der Waals surface area (Å²) >= 11 is 0. The van der Waals surface area contributed by atoms with Gasteiger partial charge in [0.2, 0.25) is 10.0 Å². The SMILES string of the molecule is CCS(=O)(=O)N1CCc2ccc(NC(=O)COc3ccc(C)c(C)c3)cc2C1. The Kier molecular flexibility index (Phi) is 6.05. The van der Waals surface area contributed by atoms with Crippen LogP contribution >= 0.6 is 0 Å². The molecular formula is C21H26N2O4S. The molecule has 0 atom stereocenters. The van der Waals surface area contributed by atoms with Crippen molar-refractivity contribution in [2.75, 3.05) is 24.2 Å². The summed E-state index contributed by atoms with van der Waals surface area (Å²) in [6, 6.07) is 11.4. The van der Waals surface area contributed by atoms with Gasteiger partial charge in [0.25, 0.3) is 5.91 Å². The summed E-state index contributed by atoms with van der Waals surface area (Å²) < 4.78 is 31.3. The minimum atomic E-state index is -3.22. The fourth-order valence-corrected chi connectivity index (χ4v) is 4.25. The highest BCUT2D eigenvalue weighted by Crippen LogP contribution is 2.24. The summed E-state index contributed by atoms with van der Waals surface area (Å²) in [6.45, 7) is 6.42. The van der Waals surface area contributed by atoms with Crippen molar-refractivity contribution in [3.63, 3.8) is 0 Å². The Morgan fingerprint density at radius 1 is 1.11 bits per heavy atom. The van der Waals surface area contributed by atoms with E-state index in [9.17, 15) is 13.2 Å². The first-order chi connectivity index (χ1) is 13.3. The smallest absolute Gasteiger partial charge is 0.262 e. The van der Waals surface area contributed by atoms with Crippen LogP contribution in [0.3, 0.4) is 0 Å². The first kappa shape index (κ1) is 20.4. The van der Waals surface area contributed by atoms with E-state index >= 15 is 0 Å². The third-order valence-electron chi connectivity index (χ3n) is 5.07. The molecule has 0 saturated carbocycles. The van der Waals surface area contributed by atoms with Gasteiger partial charge < -0.3 is 10.1 Å². The molecule has 0 bridgehead atoms. The maximum absolute atomic E-state index is 12.2. The molecule has 1 amide bonds. The van der Waals surface area contributed by atoms with E-state index in [1.165, 1.54) is 9.87 Å². The van der Waals surface area contributed by atoms with Gasteiger partial charge in [0.1, 0.15) is 5.75 Å². The lowest BCUT2D eigenvalue weighted by atomic mass is 10.0. The van der Waals surface area contributed by atoms with Gasteiger partial charge in [-0.2, -0.15) is 4.31 Å². The van der Waals surface area contributed by atoms with Gasteiger partial charge in [-0.25, -0.2) is 8.42 Å². The van der Waals surface area contributed by atoms with Crippen LogP contribution in [-0.4, -0.2) is 37.5 Å². The third-order valence-corrected chi connectivity index (χ3v) is 6.90. The highest BCUT2D eigenvalue weighted by Gasteiger charge is 2.25. The van der Waals surface area contributed by atoms with E-state index in [-0.39, 0.29) is 18.3 Å². The number of nitrogens with one attached hydrogen (secondary N) is 1. The zero-order chi connectivity index (χ0) is 20.3. The van der Waals surface area contributed by atoms with Crippen molar-refractivity contribution in [1.82, 2.24) is 4.31 Å². The molecule has 0 saturated heterocycles. The van der Waals surface area contributed by atoms with Crippen molar-refractivity contribution in [2.45, 2.75) is 33.7 Å². The first-order valence-electron chi connectivity index (χ1n) is 9.38. The minimum absolute atomic E-state index is 0.0874. The molecular weight excluding hydrogens is 376 g/mol. The Labute approximate surface area is 166 Å². The van der Waals surface area contributed by atoms with E-state index in [0.717, 1.165) is 16.7 Å². The number of hydrogen-bond acceptors (Lipinski definition) is 4. The van der Waals surface area contributed by atoms with Crippen LogP contribution in [-0.2, 0) is 27.8 Å². The minimum Gasteiger partial charge on any atom is -0.484 e. The van der Waals surface area contributed by atoms with Gasteiger partial charge in [-0.15, -0.1) is 0 Å². The molecule has 1 heterocycles. The molecule has 7 heteroatoms. The summed E-state index contributed by atoms with van der Waals surface area (Å²) in [4.78, 5) is 12.2. The topological polar surface area (TPSA) is 75.7 Å². The number of aryl methyl sites for hydroxylation is 2. The van der Waals surface area contributed by atoms with E-state index in [0.29, 0.717) is 30.9 Å². The Bertz CT molecular complexity index is 986. The lowest BCUT2D eigenvalue weighted by Gasteiger charge is -2.28. The van der Waals surface area contributed by atoms with Crippen LogP contribution in [0.25, 0.3) is 0 Å². The first-order valence-corrected chi connectivity index (χ1v) is 11.0. The molecule has 1 N–H and O–H groups in total. The molecule has 0 aromatic heterocycles. The van der Waals surface area contributed by atoms with Gasteiger partial charge in [-0.1, -0.05) is 12.1 Å². The van der Waals surface area contributed by atoms with Crippen LogP contribution in [0.15, 0.2) is 36.4 Å². The van der Waals surface area contributed by atoms with Gasteiger partial charge in [0, 0.05) is 18.8 Å². The van der Waals surface area contributed by atoms with Crippen molar-refractivity contribution >= 4 is 21.6 Å². The fraction of sp³-hybridized carbons (Fsp3) is 0.381. The maximum atomic E-state index is 12.2. The Hall–Kier alpha value is -2.38. The van der Waals surface area contributed by atoms with Crippen LogP contribution in [0.5, 0.6) is 5.75 Å². The van der Waals surface area contributed by atoms with E-state index < -0.39 is 10.0 Å². The second-order valence-corrected chi connectivity index (χ2v) is 9.31. The van der Waals surface area contributed by atoms with Crippen LogP contribution in [0, 0.1) is 13.8 Å². The number of rotatable bonds is 6. The molecule has 6 nitrogen and oxygen atoms in total. The quantitative estimate of drug-likeness (QED) is 0.806. The van der Waals surface area contributed by atoms with Crippen molar-refractivity contribution < 1.29 is 17.9 Å². The molecule has 0 aliphatic carbocycles. The zero-order valence-corrected chi connectivity index (χ0v) is 17.3. The van der Waals surface area contributed by atoms with Gasteiger partial charge >= 0.3 is 0 Å². The molecule has 28 heavy (non-hydrogen) atoms. The molecule has 2 aromatic rings. The van der Waals surface area contributed by atoms with Gasteiger partial charge in [0.15, 0.2) is 6.61 Å². The fourth-order valence-electron chi connectivity index (χ4n) is 3.18. The normalized spacial score (nSPS) is 14.4. The highest BCUT2D eigenvalue weighted by atomic mass is 32.2. The summed E-state index contributed by atoms with van der Waals surface area (Å²) in [5.41, 5.74) is 4.97. The molecule has 0 spiro atoms. The molecule has 0 fully saturated rings. The van der Waals surface area contributed by atoms with E-state index in [2.05, 4.69) is 5.32 Å². The number of benzene rings is 2. The largest absolute Gasteiger partial charge is 0.484 e. The summed E-state index contributed by atoms with van der Waals surface area (Å²) in [6.07, 6.45) is 0.679. The van der Waals surface area contributed by atoms with Gasteiger partial charge in [0.05, 0.1) is 5.75 Å². The number of anilines is 1. The van der Waals surface area contributed by atoms with Crippen molar-refractivity contribution in [3.05, 3.63) is 58.7 Å². The van der Waals surface area contributed by atoms with E-state index in [4.69, 9.17) is 4.74 Å². The van der Waals surface area contributed by atoms with Gasteiger partial charge in [-0.05, 0) is 73.7 Å². The lowest BCUT2D eigenvalue weighted by Crippen LogP contribution is -2.36. The summed E-state index contributed by atoms with van der Waals surface area (Å²) in [7, 11) is -3.22. The number of sulfonamides is 1. The molecule has 0 radical (unpaired) electrons. The average Bonchev–Trinajstić information content (AvgIpc) is 2.68. The number of fused-ring (bicyclic) bond motifs is 1. The number of carbonyl (C=O) groups excluding carboxylic acids is 1. The van der Waals surface area contributed by atoms with E-state index in [1.54, 1.807) is 6.92 Å². The second-order valence-electron chi connectivity index (χ2n) is 7.05. The number of nitrogens with zero attached hydrogens (tertiary/aromatic N) is 1. The molecule has 3 rings (SSSR count). The number of amides is 1. The van der Waals surface area contributed by atoms with Crippen LogP contribution < -0.4 is 10.1 Å². The number of ether oxygens (including phenoxy) is 1. The van der Waals surface area contributed by atoms with Crippen molar-refractivity contribution in [2.24, 2.45) is 0 Å². The Morgan fingerprint density at radius 2 is 1.89 bits per heavy atom. The van der Waals surface area contributed by atoms with Crippen LogP contribution in [0.4, 0.5) is 5.69 Å². The molecule has 150 valence electrons. The Balaban J connectivity index is 1.63. The van der Waals surface area contributed by atoms with Crippen molar-refractivity contribution in [3.8, 4) is 5.75 Å². The van der Waals surface area contributed by atoms with Crippen molar-refractivity contribution in [1.29, 1.82) is 0 Å². The second kappa shape index (κ2) is 8.32. The summed E-state index contributed by atoms with van der Waals surface area (Å²) in [5.74, 6) is 0.491. The molecule has 0 unspecified atom stereocenters. The number of carbonyl (C=O) groups is 1. The Morgan fingerprint density at radius 3 is 2.61 bits per heavy atom. The average molecular weight is 403 g/mol. The van der Waals surface area contributed by atoms with Crippen LogP contribution in [0.1, 0.15) is 29.2 Å².